The number of aryl methyl sites for hydroxylation is 2. The Bertz CT molecular complexity index is 1190. The van der Waals surface area contributed by atoms with Crippen LogP contribution >= 0.6 is 0 Å². The van der Waals surface area contributed by atoms with Gasteiger partial charge in [0.1, 0.15) is 23.9 Å². The molecule has 32 heavy (non-hydrogen) atoms. The number of benzene rings is 2. The molecular formula is C25H26FNO5. The zero-order valence-corrected chi connectivity index (χ0v) is 18.3. The molecule has 1 aromatic heterocycles. The summed E-state index contributed by atoms with van der Waals surface area (Å²) < 4.78 is 29.9. The molecule has 168 valence electrons. The van der Waals surface area contributed by atoms with E-state index in [0.29, 0.717) is 44.2 Å². The van der Waals surface area contributed by atoms with Crippen molar-refractivity contribution >= 4 is 16.9 Å². The molecule has 0 spiro atoms. The highest BCUT2D eigenvalue weighted by Crippen LogP contribution is 2.37. The highest BCUT2D eigenvalue weighted by atomic mass is 19.1. The first kappa shape index (κ1) is 22.0. The number of halogens is 1. The van der Waals surface area contributed by atoms with E-state index in [1.807, 2.05) is 13.0 Å². The lowest BCUT2D eigenvalue weighted by Crippen LogP contribution is -2.34. The zero-order valence-electron chi connectivity index (χ0n) is 18.3. The number of carbonyl (C=O) groups excluding carboxylic acids is 1. The number of carbonyl (C=O) groups is 1. The van der Waals surface area contributed by atoms with Gasteiger partial charge in [-0.15, -0.1) is 0 Å². The monoisotopic (exact) mass is 439 g/mol. The molecule has 0 radical (unpaired) electrons. The van der Waals surface area contributed by atoms with E-state index in [0.717, 1.165) is 34.1 Å². The van der Waals surface area contributed by atoms with Gasteiger partial charge in [0.15, 0.2) is 0 Å². The Morgan fingerprint density at radius 2 is 1.97 bits per heavy atom. The van der Waals surface area contributed by atoms with E-state index < -0.39 is 5.63 Å². The van der Waals surface area contributed by atoms with Crippen LogP contribution in [-0.2, 0) is 28.9 Å². The minimum atomic E-state index is -0.403. The molecule has 2 heterocycles. The molecule has 7 heteroatoms. The Balaban J connectivity index is 1.62. The molecule has 3 aromatic rings. The van der Waals surface area contributed by atoms with Crippen molar-refractivity contribution in [3.05, 3.63) is 74.9 Å². The molecule has 1 aliphatic rings. The number of hydrogen-bond donors (Lipinski definition) is 0. The van der Waals surface area contributed by atoms with Crippen LogP contribution in [0.25, 0.3) is 11.0 Å². The van der Waals surface area contributed by atoms with Crippen molar-refractivity contribution in [3.8, 4) is 5.75 Å². The first-order valence-electron chi connectivity index (χ1n) is 10.8. The van der Waals surface area contributed by atoms with Crippen molar-refractivity contribution in [3.63, 3.8) is 0 Å². The lowest BCUT2D eigenvalue weighted by molar-refractivity contribution is -0.143. The Morgan fingerprint density at radius 1 is 1.19 bits per heavy atom. The van der Waals surface area contributed by atoms with Gasteiger partial charge in [0.25, 0.3) is 0 Å². The topological polar surface area (TPSA) is 69.0 Å². The quantitative estimate of drug-likeness (QED) is 0.407. The second kappa shape index (κ2) is 9.53. The van der Waals surface area contributed by atoms with Crippen molar-refractivity contribution in [2.75, 3.05) is 19.9 Å². The van der Waals surface area contributed by atoms with Crippen molar-refractivity contribution in [1.29, 1.82) is 0 Å². The van der Waals surface area contributed by atoms with Gasteiger partial charge in [-0.3, -0.25) is 9.69 Å². The smallest absolute Gasteiger partial charge is 0.336 e. The van der Waals surface area contributed by atoms with Crippen LogP contribution in [0.4, 0.5) is 4.39 Å². The Kier molecular flexibility index (Phi) is 6.55. The third-order valence-electron chi connectivity index (χ3n) is 5.67. The minimum Gasteiger partial charge on any atom is -0.477 e. The zero-order chi connectivity index (χ0) is 22.7. The Hall–Kier alpha value is -3.19. The molecule has 0 atom stereocenters. The predicted molar refractivity (Wildman–Crippen MR) is 118 cm³/mol. The van der Waals surface area contributed by atoms with Crippen molar-refractivity contribution in [2.24, 2.45) is 0 Å². The second-order valence-corrected chi connectivity index (χ2v) is 7.98. The van der Waals surface area contributed by atoms with Gasteiger partial charge in [-0.1, -0.05) is 12.1 Å². The maximum Gasteiger partial charge on any atom is 0.336 e. The molecule has 0 saturated carbocycles. The van der Waals surface area contributed by atoms with Gasteiger partial charge in [0.05, 0.1) is 12.2 Å². The summed E-state index contributed by atoms with van der Waals surface area (Å²) in [5.41, 5.74) is 3.69. The molecule has 6 nitrogen and oxygen atoms in total. The fourth-order valence-electron chi connectivity index (χ4n) is 4.04. The average molecular weight is 439 g/mol. The van der Waals surface area contributed by atoms with Gasteiger partial charge >= 0.3 is 11.6 Å². The van der Waals surface area contributed by atoms with Gasteiger partial charge in [-0.05, 0) is 61.6 Å². The van der Waals surface area contributed by atoms with Gasteiger partial charge < -0.3 is 13.9 Å². The van der Waals surface area contributed by atoms with Gasteiger partial charge in [0, 0.05) is 31.0 Å². The van der Waals surface area contributed by atoms with Gasteiger partial charge in [-0.2, -0.15) is 0 Å². The lowest BCUT2D eigenvalue weighted by atomic mass is 9.97. The molecule has 0 saturated heterocycles. The third-order valence-corrected chi connectivity index (χ3v) is 5.67. The third kappa shape index (κ3) is 4.83. The highest BCUT2D eigenvalue weighted by molar-refractivity contribution is 5.86. The van der Waals surface area contributed by atoms with Gasteiger partial charge in [0.2, 0.25) is 0 Å². The normalized spacial score (nSPS) is 13.6. The lowest BCUT2D eigenvalue weighted by Gasteiger charge is -2.31. The van der Waals surface area contributed by atoms with E-state index in [9.17, 15) is 14.0 Å². The summed E-state index contributed by atoms with van der Waals surface area (Å²) >= 11 is 0. The molecule has 4 rings (SSSR count). The summed E-state index contributed by atoms with van der Waals surface area (Å²) in [6.45, 7) is 5.63. The van der Waals surface area contributed by atoms with Crippen LogP contribution in [0, 0.1) is 12.7 Å². The number of ether oxygens (including phenoxy) is 2. The number of nitrogens with zero attached hydrogens (tertiary/aromatic N) is 1. The molecule has 0 N–H and O–H groups in total. The second-order valence-electron chi connectivity index (χ2n) is 7.98. The van der Waals surface area contributed by atoms with E-state index in [1.54, 1.807) is 19.1 Å². The van der Waals surface area contributed by atoms with Crippen LogP contribution in [0.2, 0.25) is 0 Å². The van der Waals surface area contributed by atoms with Crippen LogP contribution < -0.4 is 10.4 Å². The fourth-order valence-corrected chi connectivity index (χ4v) is 4.04. The minimum absolute atomic E-state index is 0.249. The summed E-state index contributed by atoms with van der Waals surface area (Å²) in [6, 6.07) is 9.88. The number of hydrogen-bond acceptors (Lipinski definition) is 6. The summed E-state index contributed by atoms with van der Waals surface area (Å²) in [6.07, 6.45) is 1.47. The highest BCUT2D eigenvalue weighted by Gasteiger charge is 2.25. The van der Waals surface area contributed by atoms with Crippen LogP contribution in [-0.4, -0.2) is 30.8 Å². The summed E-state index contributed by atoms with van der Waals surface area (Å²) in [5.74, 6) is 0.166. The van der Waals surface area contributed by atoms with Crippen LogP contribution in [0.1, 0.15) is 35.6 Å². The maximum absolute atomic E-state index is 13.2. The first-order chi connectivity index (χ1) is 15.4. The van der Waals surface area contributed by atoms with Crippen molar-refractivity contribution in [2.45, 2.75) is 39.7 Å². The number of rotatable bonds is 7. The van der Waals surface area contributed by atoms with E-state index in [-0.39, 0.29) is 18.2 Å². The number of fused-ring (bicyclic) bond motifs is 3. The van der Waals surface area contributed by atoms with E-state index in [4.69, 9.17) is 13.9 Å². The van der Waals surface area contributed by atoms with E-state index in [1.165, 1.54) is 18.2 Å². The predicted octanol–water partition coefficient (Wildman–Crippen LogP) is 4.13. The number of esters is 1. The van der Waals surface area contributed by atoms with Crippen LogP contribution in [0.5, 0.6) is 5.75 Å². The first-order valence-corrected chi connectivity index (χ1v) is 10.8. The Morgan fingerprint density at radius 3 is 2.72 bits per heavy atom. The van der Waals surface area contributed by atoms with Crippen molar-refractivity contribution < 1.29 is 23.1 Å². The summed E-state index contributed by atoms with van der Waals surface area (Å²) in [5, 5.41) is 0.839. The maximum atomic E-state index is 13.2. The molecule has 0 amide bonds. The van der Waals surface area contributed by atoms with Gasteiger partial charge in [-0.25, -0.2) is 9.18 Å². The average Bonchev–Trinajstić information content (AvgIpc) is 2.77. The summed E-state index contributed by atoms with van der Waals surface area (Å²) in [4.78, 5) is 26.1. The molecule has 0 aliphatic carbocycles. The SMILES string of the molecule is CCOC(=O)CCc1cc2c(C)cc(=O)oc2c2c1OCN(CCc1ccc(F)cc1)C2. The summed E-state index contributed by atoms with van der Waals surface area (Å²) in [7, 11) is 0. The van der Waals surface area contributed by atoms with E-state index >= 15 is 0 Å². The molecule has 0 fully saturated rings. The fraction of sp³-hybridized carbons (Fsp3) is 0.360. The largest absolute Gasteiger partial charge is 0.477 e. The van der Waals surface area contributed by atoms with E-state index in [2.05, 4.69) is 4.90 Å². The molecular weight excluding hydrogens is 413 g/mol. The molecule has 1 aliphatic heterocycles. The Labute approximate surface area is 185 Å². The molecule has 0 unspecified atom stereocenters. The van der Waals surface area contributed by atoms with Crippen LogP contribution in [0.3, 0.4) is 0 Å². The standard InChI is InChI=1S/C25H26FNO5/c1-3-30-22(28)9-6-18-13-20-16(2)12-23(29)32-25(20)21-14-27(15-31-24(18)21)11-10-17-4-7-19(26)8-5-17/h4-5,7-8,12-13H,3,6,9-11,14-15H2,1-2H3. The molecule has 2 aromatic carbocycles. The van der Waals surface area contributed by atoms with Crippen LogP contribution in [0.15, 0.2) is 45.6 Å². The van der Waals surface area contributed by atoms with Crippen molar-refractivity contribution in [1.82, 2.24) is 4.90 Å². The molecule has 0 bridgehead atoms.